The van der Waals surface area contributed by atoms with Crippen LogP contribution in [0.2, 0.25) is 0 Å². The van der Waals surface area contributed by atoms with Crippen LogP contribution in [0, 0.1) is 17.8 Å². The summed E-state index contributed by atoms with van der Waals surface area (Å²) in [6.45, 7) is 11.0. The van der Waals surface area contributed by atoms with Gasteiger partial charge in [0.15, 0.2) is 0 Å². The van der Waals surface area contributed by atoms with Crippen molar-refractivity contribution in [1.82, 2.24) is 10.2 Å². The van der Waals surface area contributed by atoms with Gasteiger partial charge in [-0.05, 0) is 31.1 Å². The lowest BCUT2D eigenvalue weighted by atomic mass is 9.86. The van der Waals surface area contributed by atoms with E-state index in [2.05, 4.69) is 26.1 Å². The van der Waals surface area contributed by atoms with Crippen LogP contribution in [0.3, 0.4) is 0 Å². The third kappa shape index (κ3) is 4.20. The summed E-state index contributed by atoms with van der Waals surface area (Å²) in [7, 11) is 0. The van der Waals surface area contributed by atoms with E-state index in [1.807, 2.05) is 18.7 Å². The highest BCUT2D eigenvalue weighted by atomic mass is 16.2. The van der Waals surface area contributed by atoms with E-state index < -0.39 is 6.04 Å². The number of nitrogens with one attached hydrogen (secondary N) is 1. The molecule has 1 aliphatic rings. The summed E-state index contributed by atoms with van der Waals surface area (Å²) in [6.07, 6.45) is 1.15. The third-order valence-corrected chi connectivity index (χ3v) is 4.35. The minimum atomic E-state index is -0.556. The number of nitrogens with two attached hydrogens (primary N) is 1. The lowest BCUT2D eigenvalue weighted by molar-refractivity contribution is -0.138. The number of hydrogen-bond donors (Lipinski definition) is 2. The minimum absolute atomic E-state index is 0.0137. The average Bonchev–Trinajstić information content (AvgIpc) is 2.38. The monoisotopic (exact) mass is 283 g/mol. The number of rotatable bonds is 4. The van der Waals surface area contributed by atoms with Crippen LogP contribution < -0.4 is 11.1 Å². The van der Waals surface area contributed by atoms with Crippen molar-refractivity contribution in [2.24, 2.45) is 23.5 Å². The molecule has 0 aliphatic carbocycles. The molecule has 3 N–H and O–H groups in total. The van der Waals surface area contributed by atoms with Crippen molar-refractivity contribution in [2.75, 3.05) is 13.1 Å². The molecule has 116 valence electrons. The van der Waals surface area contributed by atoms with E-state index >= 15 is 0 Å². The van der Waals surface area contributed by atoms with Crippen LogP contribution in [0.15, 0.2) is 0 Å². The molecule has 0 aromatic heterocycles. The first kappa shape index (κ1) is 17.0. The Morgan fingerprint density at radius 2 is 1.90 bits per heavy atom. The number of piperidine rings is 1. The molecule has 0 spiro atoms. The largest absolute Gasteiger partial charge is 0.346 e. The van der Waals surface area contributed by atoms with Gasteiger partial charge in [-0.2, -0.15) is 0 Å². The van der Waals surface area contributed by atoms with Crippen LogP contribution in [-0.2, 0) is 9.59 Å². The molecule has 20 heavy (non-hydrogen) atoms. The van der Waals surface area contributed by atoms with Gasteiger partial charge < -0.3 is 16.0 Å². The van der Waals surface area contributed by atoms with Gasteiger partial charge in [0, 0.05) is 12.6 Å². The van der Waals surface area contributed by atoms with Gasteiger partial charge in [-0.25, -0.2) is 0 Å². The molecule has 2 amide bonds. The fourth-order valence-electron chi connectivity index (χ4n) is 2.73. The standard InChI is InChI=1S/C15H29N3O2/c1-9(2)14(16)15(20)17-7-13(19)18-8-10(3)6-11(4)12(18)5/h9-12,14H,6-8,16H2,1-5H3,(H,17,20)/t10?,11?,12?,14-/m0/s1. The first-order valence-corrected chi connectivity index (χ1v) is 7.56. The lowest BCUT2D eigenvalue weighted by Crippen LogP contribution is -2.53. The lowest BCUT2D eigenvalue weighted by Gasteiger charge is -2.41. The van der Waals surface area contributed by atoms with Gasteiger partial charge in [-0.15, -0.1) is 0 Å². The van der Waals surface area contributed by atoms with Gasteiger partial charge in [0.2, 0.25) is 11.8 Å². The Kier molecular flexibility index (Phi) is 5.99. The highest BCUT2D eigenvalue weighted by molar-refractivity contribution is 5.87. The Morgan fingerprint density at radius 3 is 2.45 bits per heavy atom. The fraction of sp³-hybridized carbons (Fsp3) is 0.867. The number of nitrogens with zero attached hydrogens (tertiary/aromatic N) is 1. The number of likely N-dealkylation sites (tertiary alicyclic amines) is 1. The predicted molar refractivity (Wildman–Crippen MR) is 79.9 cm³/mol. The Hall–Kier alpha value is -1.10. The van der Waals surface area contributed by atoms with Gasteiger partial charge in [0.25, 0.3) is 0 Å². The topological polar surface area (TPSA) is 75.4 Å². The van der Waals surface area contributed by atoms with E-state index in [1.165, 1.54) is 0 Å². The van der Waals surface area contributed by atoms with Crippen LogP contribution in [0.4, 0.5) is 0 Å². The van der Waals surface area contributed by atoms with Crippen LogP contribution in [0.5, 0.6) is 0 Å². The molecule has 3 unspecified atom stereocenters. The molecule has 0 radical (unpaired) electrons. The normalized spacial score (nSPS) is 28.4. The molecule has 0 aromatic rings. The van der Waals surface area contributed by atoms with Gasteiger partial charge in [-0.1, -0.05) is 27.7 Å². The smallest absolute Gasteiger partial charge is 0.242 e. The van der Waals surface area contributed by atoms with Gasteiger partial charge >= 0.3 is 0 Å². The molecule has 1 fully saturated rings. The molecule has 5 heteroatoms. The summed E-state index contributed by atoms with van der Waals surface area (Å²) in [5.41, 5.74) is 5.76. The molecule has 1 saturated heterocycles. The maximum atomic E-state index is 12.3. The van der Waals surface area contributed by atoms with E-state index in [-0.39, 0.29) is 30.3 Å². The van der Waals surface area contributed by atoms with Gasteiger partial charge in [-0.3, -0.25) is 9.59 Å². The number of carbonyl (C=O) groups is 2. The second-order valence-corrected chi connectivity index (χ2v) is 6.59. The molecule has 0 bridgehead atoms. The van der Waals surface area contributed by atoms with Gasteiger partial charge in [0.1, 0.15) is 0 Å². The molecule has 5 nitrogen and oxygen atoms in total. The SMILES string of the molecule is CC1CC(C)C(C)N(C(=O)CNC(=O)[C@@H](N)C(C)C)C1. The zero-order valence-corrected chi connectivity index (χ0v) is 13.3. The van der Waals surface area contributed by atoms with E-state index in [1.54, 1.807) is 0 Å². The first-order valence-electron chi connectivity index (χ1n) is 7.56. The summed E-state index contributed by atoms with van der Waals surface area (Å²) in [5, 5.41) is 2.66. The van der Waals surface area contributed by atoms with Crippen LogP contribution in [-0.4, -0.2) is 41.9 Å². The Labute approximate surface area is 122 Å². The molecular formula is C15H29N3O2. The van der Waals surface area contributed by atoms with Crippen molar-refractivity contribution in [3.8, 4) is 0 Å². The maximum absolute atomic E-state index is 12.3. The number of amides is 2. The molecule has 4 atom stereocenters. The minimum Gasteiger partial charge on any atom is -0.346 e. The highest BCUT2D eigenvalue weighted by Crippen LogP contribution is 2.26. The fourth-order valence-corrected chi connectivity index (χ4v) is 2.73. The second-order valence-electron chi connectivity index (χ2n) is 6.59. The first-order chi connectivity index (χ1) is 9.23. The van der Waals surface area contributed by atoms with Crippen LogP contribution in [0.1, 0.15) is 41.0 Å². The summed E-state index contributed by atoms with van der Waals surface area (Å²) in [6, 6.07) is -0.325. The molecule has 0 saturated carbocycles. The Balaban J connectivity index is 2.52. The number of carbonyl (C=O) groups excluding carboxylic acids is 2. The highest BCUT2D eigenvalue weighted by Gasteiger charge is 2.32. The zero-order valence-electron chi connectivity index (χ0n) is 13.3. The molecular weight excluding hydrogens is 254 g/mol. The van der Waals surface area contributed by atoms with Crippen molar-refractivity contribution in [3.63, 3.8) is 0 Å². The number of hydrogen-bond acceptors (Lipinski definition) is 3. The van der Waals surface area contributed by atoms with Gasteiger partial charge in [0.05, 0.1) is 12.6 Å². The Bertz CT molecular complexity index is 357. The molecule has 1 heterocycles. The third-order valence-electron chi connectivity index (χ3n) is 4.35. The average molecular weight is 283 g/mol. The van der Waals surface area contributed by atoms with E-state index in [0.29, 0.717) is 11.8 Å². The maximum Gasteiger partial charge on any atom is 0.242 e. The van der Waals surface area contributed by atoms with Crippen molar-refractivity contribution in [3.05, 3.63) is 0 Å². The quantitative estimate of drug-likeness (QED) is 0.807. The molecule has 1 rings (SSSR count). The molecule has 1 aliphatic heterocycles. The summed E-state index contributed by atoms with van der Waals surface area (Å²) < 4.78 is 0. The summed E-state index contributed by atoms with van der Waals surface area (Å²) >= 11 is 0. The van der Waals surface area contributed by atoms with Crippen LogP contribution >= 0.6 is 0 Å². The Morgan fingerprint density at radius 1 is 1.30 bits per heavy atom. The van der Waals surface area contributed by atoms with Crippen molar-refractivity contribution < 1.29 is 9.59 Å². The summed E-state index contributed by atoms with van der Waals surface area (Å²) in [4.78, 5) is 25.9. The van der Waals surface area contributed by atoms with Crippen molar-refractivity contribution >= 4 is 11.8 Å². The second kappa shape index (κ2) is 7.07. The zero-order chi connectivity index (χ0) is 15.4. The van der Waals surface area contributed by atoms with E-state index in [0.717, 1.165) is 13.0 Å². The van der Waals surface area contributed by atoms with E-state index in [4.69, 9.17) is 5.73 Å². The molecule has 0 aromatic carbocycles. The van der Waals surface area contributed by atoms with Crippen molar-refractivity contribution in [2.45, 2.75) is 53.1 Å². The van der Waals surface area contributed by atoms with Crippen LogP contribution in [0.25, 0.3) is 0 Å². The summed E-state index contributed by atoms with van der Waals surface area (Å²) in [5.74, 6) is 0.813. The van der Waals surface area contributed by atoms with E-state index in [9.17, 15) is 9.59 Å². The van der Waals surface area contributed by atoms with Crippen molar-refractivity contribution in [1.29, 1.82) is 0 Å². The predicted octanol–water partition coefficient (Wildman–Crippen LogP) is 0.979.